The minimum atomic E-state index is -0.267. The average Bonchev–Trinajstić information content (AvgIpc) is 2.74. The van der Waals surface area contributed by atoms with Gasteiger partial charge in [-0.2, -0.15) is 0 Å². The molecule has 94 valence electrons. The summed E-state index contributed by atoms with van der Waals surface area (Å²) in [5, 5.41) is 11.1. The number of likely N-dealkylation sites (N-methyl/N-ethyl adjacent to an activating group) is 1. The van der Waals surface area contributed by atoms with E-state index in [4.69, 9.17) is 16.3 Å². The van der Waals surface area contributed by atoms with Crippen LogP contribution in [0, 0.1) is 0 Å². The van der Waals surface area contributed by atoms with E-state index in [1.165, 1.54) is 11.3 Å². The fraction of sp³-hybridized carbons (Fsp3) is 0.667. The number of amides is 1. The van der Waals surface area contributed by atoms with Crippen molar-refractivity contribution >= 4 is 28.8 Å². The number of aromatic nitrogens is 2. The van der Waals surface area contributed by atoms with Crippen LogP contribution < -0.4 is 5.32 Å². The summed E-state index contributed by atoms with van der Waals surface area (Å²) in [4.78, 5) is 13.7. The molecule has 2 heterocycles. The number of hydrogen-bond donors (Lipinski definition) is 1. The molecule has 1 fully saturated rings. The summed E-state index contributed by atoms with van der Waals surface area (Å²) in [5.74, 6) is -0.0414. The van der Waals surface area contributed by atoms with Gasteiger partial charge in [0.05, 0.1) is 19.8 Å². The first kappa shape index (κ1) is 12.7. The third-order valence-electron chi connectivity index (χ3n) is 2.57. The molecule has 0 aromatic carbocycles. The number of carbonyl (C=O) groups excluding carboxylic acids is 1. The molecule has 0 spiro atoms. The quantitative estimate of drug-likeness (QED) is 0.851. The van der Waals surface area contributed by atoms with Gasteiger partial charge < -0.3 is 10.1 Å². The van der Waals surface area contributed by atoms with Crippen molar-refractivity contribution in [3.05, 3.63) is 9.47 Å². The van der Waals surface area contributed by atoms with Gasteiger partial charge in [0.1, 0.15) is 11.0 Å². The fourth-order valence-corrected chi connectivity index (χ4v) is 2.60. The highest BCUT2D eigenvalue weighted by atomic mass is 35.5. The first-order valence-corrected chi connectivity index (χ1v) is 6.41. The summed E-state index contributed by atoms with van der Waals surface area (Å²) in [6, 6.07) is -0.267. The molecule has 1 N–H and O–H groups in total. The van der Waals surface area contributed by atoms with Crippen LogP contribution >= 0.6 is 22.9 Å². The normalized spacial score (nSPS) is 21.4. The maximum Gasteiger partial charge on any atom is 0.239 e. The molecule has 1 amide bonds. The number of nitrogens with zero attached hydrogens (tertiary/aromatic N) is 3. The van der Waals surface area contributed by atoms with Gasteiger partial charge in [0, 0.05) is 13.6 Å². The zero-order valence-electron chi connectivity index (χ0n) is 9.35. The van der Waals surface area contributed by atoms with Crippen LogP contribution in [0.25, 0.3) is 0 Å². The second-order valence-electron chi connectivity index (χ2n) is 3.62. The van der Waals surface area contributed by atoms with E-state index in [1.54, 1.807) is 7.05 Å². The molecular formula is C9H13ClN4O2S. The summed E-state index contributed by atoms with van der Waals surface area (Å²) in [7, 11) is 1.62. The highest BCUT2D eigenvalue weighted by Gasteiger charge is 2.29. The Morgan fingerprint density at radius 1 is 1.71 bits per heavy atom. The lowest BCUT2D eigenvalue weighted by Gasteiger charge is -2.33. The van der Waals surface area contributed by atoms with Crippen LogP contribution in [0.3, 0.4) is 0 Å². The maximum absolute atomic E-state index is 11.7. The van der Waals surface area contributed by atoms with E-state index in [9.17, 15) is 4.79 Å². The summed E-state index contributed by atoms with van der Waals surface area (Å²) >= 11 is 7.06. The van der Waals surface area contributed by atoms with Crippen LogP contribution in [0.4, 0.5) is 0 Å². The van der Waals surface area contributed by atoms with Gasteiger partial charge in [-0.15, -0.1) is 10.2 Å². The number of nitrogens with one attached hydrogen (secondary N) is 1. The Labute approximate surface area is 108 Å². The number of rotatable bonds is 3. The van der Waals surface area contributed by atoms with Gasteiger partial charge in [0.25, 0.3) is 0 Å². The second kappa shape index (κ2) is 5.72. The third-order valence-corrected chi connectivity index (χ3v) is 3.57. The molecule has 2 rings (SSSR count). The molecule has 0 aliphatic carbocycles. The lowest BCUT2D eigenvalue weighted by Crippen LogP contribution is -2.52. The molecule has 0 radical (unpaired) electrons. The molecule has 0 saturated carbocycles. The van der Waals surface area contributed by atoms with Gasteiger partial charge in [-0.1, -0.05) is 11.3 Å². The molecule has 1 unspecified atom stereocenters. The predicted molar refractivity (Wildman–Crippen MR) is 64.0 cm³/mol. The van der Waals surface area contributed by atoms with Gasteiger partial charge in [-0.05, 0) is 11.6 Å². The number of ether oxygens (including phenoxy) is 1. The summed E-state index contributed by atoms with van der Waals surface area (Å²) in [6.07, 6.45) is 0. The number of carbonyl (C=O) groups is 1. The van der Waals surface area contributed by atoms with Crippen LogP contribution in [-0.4, -0.2) is 53.9 Å². The minimum Gasteiger partial charge on any atom is -0.378 e. The van der Waals surface area contributed by atoms with E-state index in [0.29, 0.717) is 30.8 Å². The van der Waals surface area contributed by atoms with E-state index in [1.807, 2.05) is 4.90 Å². The molecule has 8 heteroatoms. The molecule has 1 aliphatic rings. The maximum atomic E-state index is 11.7. The second-order valence-corrected chi connectivity index (χ2v) is 5.27. The Morgan fingerprint density at radius 3 is 3.18 bits per heavy atom. The molecule has 1 atom stereocenters. The van der Waals surface area contributed by atoms with Crippen LogP contribution in [0.1, 0.15) is 5.01 Å². The largest absolute Gasteiger partial charge is 0.378 e. The SMILES string of the molecule is CNC(=O)C1COCCN1Cc1nnc(Cl)s1. The Bertz CT molecular complexity index is 400. The zero-order valence-corrected chi connectivity index (χ0v) is 10.9. The van der Waals surface area contributed by atoms with Crippen LogP contribution in [-0.2, 0) is 16.1 Å². The first-order valence-electron chi connectivity index (χ1n) is 5.22. The van der Waals surface area contributed by atoms with Gasteiger partial charge in [0.2, 0.25) is 10.4 Å². The Hall–Kier alpha value is -0.760. The Balaban J connectivity index is 2.03. The molecule has 0 bridgehead atoms. The number of halogens is 1. The van der Waals surface area contributed by atoms with Gasteiger partial charge >= 0.3 is 0 Å². The first-order chi connectivity index (χ1) is 8.20. The molecule has 17 heavy (non-hydrogen) atoms. The topological polar surface area (TPSA) is 67.3 Å². The van der Waals surface area contributed by atoms with E-state index in [-0.39, 0.29) is 11.9 Å². The van der Waals surface area contributed by atoms with Crippen molar-refractivity contribution in [1.29, 1.82) is 0 Å². The van der Waals surface area contributed by atoms with Gasteiger partial charge in [-0.3, -0.25) is 9.69 Å². The van der Waals surface area contributed by atoms with Crippen LogP contribution in [0.5, 0.6) is 0 Å². The van der Waals surface area contributed by atoms with Gasteiger partial charge in [-0.25, -0.2) is 0 Å². The van der Waals surface area contributed by atoms with Crippen molar-refractivity contribution < 1.29 is 9.53 Å². The number of hydrogen-bond acceptors (Lipinski definition) is 6. The predicted octanol–water partition coefficient (Wildman–Crippen LogP) is 0.138. The van der Waals surface area contributed by atoms with E-state index in [0.717, 1.165) is 5.01 Å². The van der Waals surface area contributed by atoms with E-state index in [2.05, 4.69) is 15.5 Å². The van der Waals surface area contributed by atoms with Gasteiger partial charge in [0.15, 0.2) is 0 Å². The van der Waals surface area contributed by atoms with Crippen molar-refractivity contribution in [1.82, 2.24) is 20.4 Å². The standard InChI is InChI=1S/C9H13ClN4O2S/c1-11-8(15)6-5-16-3-2-14(6)4-7-12-13-9(10)17-7/h6H,2-5H2,1H3,(H,11,15). The van der Waals surface area contributed by atoms with Crippen molar-refractivity contribution in [3.8, 4) is 0 Å². The van der Waals surface area contributed by atoms with Crippen LogP contribution in [0.15, 0.2) is 0 Å². The molecule has 1 aliphatic heterocycles. The molecule has 6 nitrogen and oxygen atoms in total. The van der Waals surface area contributed by atoms with Crippen molar-refractivity contribution in [2.75, 3.05) is 26.8 Å². The summed E-state index contributed by atoms with van der Waals surface area (Å²) in [6.45, 7) is 2.31. The lowest BCUT2D eigenvalue weighted by molar-refractivity contribution is -0.132. The highest BCUT2D eigenvalue weighted by molar-refractivity contribution is 7.15. The lowest BCUT2D eigenvalue weighted by atomic mass is 10.2. The van der Waals surface area contributed by atoms with E-state index >= 15 is 0 Å². The highest BCUT2D eigenvalue weighted by Crippen LogP contribution is 2.18. The summed E-state index contributed by atoms with van der Waals surface area (Å²) in [5.41, 5.74) is 0. The van der Waals surface area contributed by atoms with Crippen molar-refractivity contribution in [2.45, 2.75) is 12.6 Å². The molecule has 1 aromatic heterocycles. The van der Waals surface area contributed by atoms with E-state index < -0.39 is 0 Å². The van der Waals surface area contributed by atoms with Crippen LogP contribution in [0.2, 0.25) is 4.47 Å². The third kappa shape index (κ3) is 3.12. The van der Waals surface area contributed by atoms with Crippen molar-refractivity contribution in [3.63, 3.8) is 0 Å². The Kier molecular flexibility index (Phi) is 4.27. The minimum absolute atomic E-state index is 0.0414. The molecular weight excluding hydrogens is 264 g/mol. The Morgan fingerprint density at radius 2 is 2.53 bits per heavy atom. The fourth-order valence-electron chi connectivity index (χ4n) is 1.71. The average molecular weight is 277 g/mol. The molecule has 1 aromatic rings. The zero-order chi connectivity index (χ0) is 12.3. The summed E-state index contributed by atoms with van der Waals surface area (Å²) < 4.78 is 5.74. The number of morpholine rings is 1. The molecule has 1 saturated heterocycles. The monoisotopic (exact) mass is 276 g/mol. The van der Waals surface area contributed by atoms with Crippen molar-refractivity contribution in [2.24, 2.45) is 0 Å². The smallest absolute Gasteiger partial charge is 0.239 e.